The summed E-state index contributed by atoms with van der Waals surface area (Å²) in [5.74, 6) is -0.271. The molecule has 1 aliphatic heterocycles. The predicted molar refractivity (Wildman–Crippen MR) is 137 cm³/mol. The summed E-state index contributed by atoms with van der Waals surface area (Å²) in [7, 11) is 0. The largest absolute Gasteiger partial charge is 0.376 e. The maximum absolute atomic E-state index is 14.0. The summed E-state index contributed by atoms with van der Waals surface area (Å²) in [6, 6.07) is 14.9. The molecule has 3 aromatic rings. The normalized spacial score (nSPS) is 19.3. The Hall–Kier alpha value is -3.26. The first-order chi connectivity index (χ1) is 17.6. The van der Waals surface area contributed by atoms with Crippen LogP contribution in [0.2, 0.25) is 0 Å². The van der Waals surface area contributed by atoms with E-state index in [2.05, 4.69) is 15.6 Å². The predicted octanol–water partition coefficient (Wildman–Crippen LogP) is 3.94. The molecule has 1 N–H and O–H groups in total. The van der Waals surface area contributed by atoms with Crippen molar-refractivity contribution in [3.05, 3.63) is 59.7 Å². The number of ether oxygens (including phenoxy) is 1. The fraction of sp³-hybridized carbons (Fsp3) is 0.500. The van der Waals surface area contributed by atoms with Crippen molar-refractivity contribution in [3.8, 4) is 0 Å². The Labute approximate surface area is 212 Å². The number of rotatable bonds is 8. The lowest BCUT2D eigenvalue weighted by Gasteiger charge is -2.39. The monoisotopic (exact) mass is 489 g/mol. The highest BCUT2D eigenvalue weighted by Gasteiger charge is 2.37. The molecule has 1 saturated heterocycles. The number of carbonyl (C=O) groups excluding carboxylic acids is 2. The van der Waals surface area contributed by atoms with E-state index in [-0.39, 0.29) is 30.5 Å². The highest BCUT2D eigenvalue weighted by atomic mass is 16.5. The number of aromatic nitrogens is 3. The number of para-hydroxylation sites is 1. The quantitative estimate of drug-likeness (QED) is 0.518. The van der Waals surface area contributed by atoms with Gasteiger partial charge in [0.15, 0.2) is 0 Å². The lowest BCUT2D eigenvalue weighted by Crippen LogP contribution is -2.51. The highest BCUT2D eigenvalue weighted by Crippen LogP contribution is 2.32. The number of hydrogen-bond donors (Lipinski definition) is 1. The summed E-state index contributed by atoms with van der Waals surface area (Å²) in [5.41, 5.74) is 3.50. The molecule has 1 aromatic heterocycles. The van der Waals surface area contributed by atoms with Gasteiger partial charge in [0, 0.05) is 19.2 Å². The van der Waals surface area contributed by atoms with E-state index < -0.39 is 6.04 Å². The second kappa shape index (κ2) is 11.2. The minimum atomic E-state index is -0.711. The number of benzene rings is 2. The fourth-order valence-electron chi connectivity index (χ4n) is 5.47. The van der Waals surface area contributed by atoms with Gasteiger partial charge in [-0.3, -0.25) is 9.59 Å². The summed E-state index contributed by atoms with van der Waals surface area (Å²) in [6.45, 7) is 3.26. The Bertz CT molecular complexity index is 1180. The molecule has 2 amide bonds. The van der Waals surface area contributed by atoms with E-state index >= 15 is 0 Å². The van der Waals surface area contributed by atoms with Gasteiger partial charge in [0.1, 0.15) is 18.1 Å². The molecular formula is C28H35N5O3. The third-order valence-corrected chi connectivity index (χ3v) is 7.41. The van der Waals surface area contributed by atoms with Crippen molar-refractivity contribution in [1.82, 2.24) is 25.2 Å². The molecule has 2 heterocycles. The van der Waals surface area contributed by atoms with Gasteiger partial charge >= 0.3 is 0 Å². The summed E-state index contributed by atoms with van der Waals surface area (Å²) in [6.07, 6.45) is 7.05. The number of amides is 2. The van der Waals surface area contributed by atoms with Gasteiger partial charge in [-0.1, -0.05) is 66.4 Å². The Morgan fingerprint density at radius 3 is 2.58 bits per heavy atom. The molecule has 0 unspecified atom stereocenters. The number of fused-ring (bicyclic) bond motifs is 1. The van der Waals surface area contributed by atoms with Crippen LogP contribution in [-0.2, 0) is 20.9 Å². The van der Waals surface area contributed by atoms with Gasteiger partial charge in [-0.15, -0.1) is 5.10 Å². The van der Waals surface area contributed by atoms with E-state index in [0.29, 0.717) is 6.54 Å². The van der Waals surface area contributed by atoms with Crippen LogP contribution in [0.1, 0.15) is 62.1 Å². The number of nitrogens with one attached hydrogen (secondary N) is 1. The van der Waals surface area contributed by atoms with Crippen LogP contribution in [0.5, 0.6) is 0 Å². The highest BCUT2D eigenvalue weighted by molar-refractivity contribution is 5.89. The second-order valence-corrected chi connectivity index (χ2v) is 10.0. The van der Waals surface area contributed by atoms with Crippen LogP contribution >= 0.6 is 0 Å². The van der Waals surface area contributed by atoms with E-state index in [0.717, 1.165) is 73.7 Å². The van der Waals surface area contributed by atoms with Gasteiger partial charge < -0.3 is 15.0 Å². The van der Waals surface area contributed by atoms with Gasteiger partial charge in [-0.2, -0.15) is 0 Å². The average Bonchev–Trinajstić information content (AvgIpc) is 3.57. The molecule has 190 valence electrons. The van der Waals surface area contributed by atoms with Crippen molar-refractivity contribution >= 4 is 22.8 Å². The first-order valence-electron chi connectivity index (χ1n) is 13.2. The SMILES string of the molecule is Cc1ccc([C@H](C(=O)NC[C@@H]2CCCO2)N(C(=O)Cn2nnc3ccccc32)C2CCCCC2)cc1. The standard InChI is InChI=1S/C28H35N5O3/c1-20-13-15-21(16-14-20)27(28(35)29-18-23-10-7-17-36-23)33(22-8-3-2-4-9-22)26(34)19-32-25-12-6-5-11-24(25)30-31-32/h5-6,11-16,22-23,27H,2-4,7-10,17-19H2,1H3,(H,29,35)/t23-,27+/m0/s1. The minimum absolute atomic E-state index is 0.000759. The summed E-state index contributed by atoms with van der Waals surface area (Å²) in [5, 5.41) is 11.6. The topological polar surface area (TPSA) is 89.4 Å². The Morgan fingerprint density at radius 2 is 1.83 bits per heavy atom. The molecular weight excluding hydrogens is 454 g/mol. The maximum Gasteiger partial charge on any atom is 0.247 e. The fourth-order valence-corrected chi connectivity index (χ4v) is 5.47. The summed E-state index contributed by atoms with van der Waals surface area (Å²) < 4.78 is 7.37. The van der Waals surface area contributed by atoms with Crippen molar-refractivity contribution in [2.75, 3.05) is 13.2 Å². The molecule has 8 heteroatoms. The van der Waals surface area contributed by atoms with E-state index in [1.54, 1.807) is 4.68 Å². The third-order valence-electron chi connectivity index (χ3n) is 7.41. The molecule has 0 radical (unpaired) electrons. The average molecular weight is 490 g/mol. The van der Waals surface area contributed by atoms with Crippen LogP contribution in [0, 0.1) is 6.92 Å². The third kappa shape index (κ3) is 5.43. The van der Waals surface area contributed by atoms with Crippen LogP contribution in [0.3, 0.4) is 0 Å². The maximum atomic E-state index is 14.0. The molecule has 0 spiro atoms. The zero-order chi connectivity index (χ0) is 24.9. The smallest absolute Gasteiger partial charge is 0.247 e. The Balaban J connectivity index is 1.47. The molecule has 1 aliphatic carbocycles. The molecule has 2 fully saturated rings. The van der Waals surface area contributed by atoms with Crippen molar-refractivity contribution in [1.29, 1.82) is 0 Å². The first-order valence-corrected chi connectivity index (χ1v) is 13.2. The van der Waals surface area contributed by atoms with Gasteiger partial charge in [0.25, 0.3) is 0 Å². The molecule has 8 nitrogen and oxygen atoms in total. The molecule has 2 aliphatic rings. The van der Waals surface area contributed by atoms with Crippen molar-refractivity contribution in [2.24, 2.45) is 0 Å². The van der Waals surface area contributed by atoms with Crippen LogP contribution in [0.15, 0.2) is 48.5 Å². The molecule has 2 atom stereocenters. The van der Waals surface area contributed by atoms with Gasteiger partial charge in [0.05, 0.1) is 11.6 Å². The number of nitrogens with zero attached hydrogens (tertiary/aromatic N) is 4. The number of carbonyl (C=O) groups is 2. The second-order valence-electron chi connectivity index (χ2n) is 10.0. The summed E-state index contributed by atoms with van der Waals surface area (Å²) >= 11 is 0. The Morgan fingerprint density at radius 1 is 1.06 bits per heavy atom. The molecule has 0 bridgehead atoms. The van der Waals surface area contributed by atoms with Gasteiger partial charge in [0.2, 0.25) is 11.8 Å². The van der Waals surface area contributed by atoms with Gasteiger partial charge in [-0.05, 0) is 50.3 Å². The number of aryl methyl sites for hydroxylation is 1. The van der Waals surface area contributed by atoms with E-state index in [1.165, 1.54) is 0 Å². The van der Waals surface area contributed by atoms with E-state index in [9.17, 15) is 9.59 Å². The van der Waals surface area contributed by atoms with Crippen LogP contribution in [0.25, 0.3) is 11.0 Å². The van der Waals surface area contributed by atoms with Crippen LogP contribution < -0.4 is 5.32 Å². The Kier molecular flexibility index (Phi) is 7.60. The van der Waals surface area contributed by atoms with Crippen LogP contribution in [0.4, 0.5) is 0 Å². The lowest BCUT2D eigenvalue weighted by molar-refractivity contribution is -0.145. The zero-order valence-corrected chi connectivity index (χ0v) is 20.9. The molecule has 2 aromatic carbocycles. The number of hydrogen-bond acceptors (Lipinski definition) is 5. The zero-order valence-electron chi connectivity index (χ0n) is 20.9. The van der Waals surface area contributed by atoms with Crippen molar-refractivity contribution in [2.45, 2.75) is 76.6 Å². The molecule has 36 heavy (non-hydrogen) atoms. The lowest BCUT2D eigenvalue weighted by atomic mass is 9.91. The molecule has 1 saturated carbocycles. The van der Waals surface area contributed by atoms with Crippen molar-refractivity contribution in [3.63, 3.8) is 0 Å². The first kappa shape index (κ1) is 24.4. The van der Waals surface area contributed by atoms with Gasteiger partial charge in [-0.25, -0.2) is 4.68 Å². The van der Waals surface area contributed by atoms with Crippen LogP contribution in [-0.4, -0.2) is 57.0 Å². The molecule has 5 rings (SSSR count). The van der Waals surface area contributed by atoms with Crippen molar-refractivity contribution < 1.29 is 14.3 Å². The summed E-state index contributed by atoms with van der Waals surface area (Å²) in [4.78, 5) is 29.7. The van der Waals surface area contributed by atoms with E-state index in [4.69, 9.17) is 4.74 Å². The minimum Gasteiger partial charge on any atom is -0.376 e. The van der Waals surface area contributed by atoms with E-state index in [1.807, 2.05) is 60.4 Å².